The minimum absolute atomic E-state index is 0.0632. The smallest absolute Gasteiger partial charge is 0.405 e. The summed E-state index contributed by atoms with van der Waals surface area (Å²) in [4.78, 5) is 24.8. The number of hydrogen-bond donors (Lipinski definition) is 1. The summed E-state index contributed by atoms with van der Waals surface area (Å²) in [6.45, 7) is 2.50. The Kier molecular flexibility index (Phi) is 6.01. The summed E-state index contributed by atoms with van der Waals surface area (Å²) in [5, 5.41) is 6.93. The van der Waals surface area contributed by atoms with Gasteiger partial charge in [-0.2, -0.15) is 5.10 Å². The van der Waals surface area contributed by atoms with Gasteiger partial charge in [0.1, 0.15) is 17.3 Å². The Bertz CT molecular complexity index is 1370. The number of amides is 1. The van der Waals surface area contributed by atoms with Crippen LogP contribution in [0, 0.1) is 6.92 Å². The first-order valence-corrected chi connectivity index (χ1v) is 11.8. The molecule has 1 amide bonds. The number of nitrogens with one attached hydrogen (secondary N) is 1. The van der Waals surface area contributed by atoms with Crippen molar-refractivity contribution < 1.29 is 22.7 Å². The maximum absolute atomic E-state index is 13.5. The maximum Gasteiger partial charge on any atom is 0.573 e. The molecule has 180 valence electrons. The highest BCUT2D eigenvalue weighted by molar-refractivity contribution is 7.13. The summed E-state index contributed by atoms with van der Waals surface area (Å²) in [6.07, 6.45) is -3.44. The lowest BCUT2D eigenvalue weighted by atomic mass is 10.1. The summed E-state index contributed by atoms with van der Waals surface area (Å²) < 4.78 is 42.6. The van der Waals surface area contributed by atoms with Crippen molar-refractivity contribution in [3.63, 3.8) is 0 Å². The van der Waals surface area contributed by atoms with Crippen molar-refractivity contribution in [2.75, 3.05) is 6.54 Å². The molecule has 2 aromatic carbocycles. The summed E-state index contributed by atoms with van der Waals surface area (Å²) in [5.74, 6) is -0.146. The van der Waals surface area contributed by atoms with E-state index in [1.807, 2.05) is 31.2 Å². The molecule has 3 heterocycles. The zero-order valence-corrected chi connectivity index (χ0v) is 19.4. The fourth-order valence-corrected chi connectivity index (χ4v) is 5.01. The van der Waals surface area contributed by atoms with Gasteiger partial charge in [0.25, 0.3) is 5.91 Å². The van der Waals surface area contributed by atoms with E-state index in [2.05, 4.69) is 24.9 Å². The van der Waals surface area contributed by atoms with Gasteiger partial charge >= 0.3 is 6.36 Å². The van der Waals surface area contributed by atoms with Gasteiger partial charge in [-0.3, -0.25) is 9.89 Å². The number of nitrogens with zero attached hydrogens (tertiary/aromatic N) is 4. The predicted octanol–water partition coefficient (Wildman–Crippen LogP) is 5.78. The zero-order chi connectivity index (χ0) is 24.6. The molecule has 2 aromatic heterocycles. The fourth-order valence-electron chi connectivity index (χ4n) is 4.23. The lowest BCUT2D eigenvalue weighted by molar-refractivity contribution is -0.274. The van der Waals surface area contributed by atoms with Gasteiger partial charge in [0, 0.05) is 6.54 Å². The SMILES string of the molecule is Cc1cccc(-c2scnc2C(=O)N2CCCC2c2nc(-c3ccccc3OC(F)(F)F)n[nH]2)c1. The quantitative estimate of drug-likeness (QED) is 0.376. The Morgan fingerprint density at radius 3 is 2.83 bits per heavy atom. The zero-order valence-electron chi connectivity index (χ0n) is 18.5. The second-order valence-corrected chi connectivity index (χ2v) is 9.00. The van der Waals surface area contributed by atoms with Gasteiger partial charge in [0.15, 0.2) is 5.82 Å². The summed E-state index contributed by atoms with van der Waals surface area (Å²) in [5.41, 5.74) is 4.13. The monoisotopic (exact) mass is 499 g/mol. The van der Waals surface area contributed by atoms with Crippen molar-refractivity contribution >= 4 is 17.2 Å². The Hall–Kier alpha value is -3.73. The van der Waals surface area contributed by atoms with E-state index < -0.39 is 18.2 Å². The number of para-hydroxylation sites is 1. The van der Waals surface area contributed by atoms with Gasteiger partial charge in [0.2, 0.25) is 0 Å². The van der Waals surface area contributed by atoms with Crippen LogP contribution in [0.5, 0.6) is 5.75 Å². The molecule has 1 fully saturated rings. The number of benzene rings is 2. The predicted molar refractivity (Wildman–Crippen MR) is 124 cm³/mol. The minimum atomic E-state index is -4.84. The number of thiazole rings is 1. The number of carbonyl (C=O) groups excluding carboxylic acids is 1. The van der Waals surface area contributed by atoms with Crippen LogP contribution in [0.15, 0.2) is 54.0 Å². The van der Waals surface area contributed by atoms with Crippen LogP contribution in [-0.2, 0) is 0 Å². The molecule has 11 heteroatoms. The van der Waals surface area contributed by atoms with Crippen molar-refractivity contribution in [2.45, 2.75) is 32.2 Å². The van der Waals surface area contributed by atoms with E-state index >= 15 is 0 Å². The van der Waals surface area contributed by atoms with Gasteiger partial charge in [-0.05, 0) is 37.5 Å². The van der Waals surface area contributed by atoms with Crippen LogP contribution in [0.1, 0.15) is 40.8 Å². The number of alkyl halides is 3. The van der Waals surface area contributed by atoms with Crippen molar-refractivity contribution in [2.24, 2.45) is 0 Å². The third-order valence-corrected chi connectivity index (χ3v) is 6.61. The van der Waals surface area contributed by atoms with Crippen molar-refractivity contribution in [1.29, 1.82) is 0 Å². The van der Waals surface area contributed by atoms with Crippen LogP contribution in [0.4, 0.5) is 13.2 Å². The molecular weight excluding hydrogens is 479 g/mol. The Morgan fingerprint density at radius 2 is 2.03 bits per heavy atom. The number of hydrogen-bond acceptors (Lipinski definition) is 6. The van der Waals surface area contributed by atoms with E-state index in [4.69, 9.17) is 0 Å². The van der Waals surface area contributed by atoms with Gasteiger partial charge in [-0.1, -0.05) is 42.0 Å². The summed E-state index contributed by atoms with van der Waals surface area (Å²) >= 11 is 1.40. The lowest BCUT2D eigenvalue weighted by Gasteiger charge is -2.22. The number of H-pyrrole nitrogens is 1. The third kappa shape index (κ3) is 4.76. The highest BCUT2D eigenvalue weighted by atomic mass is 32.1. The Labute approximate surface area is 202 Å². The molecule has 1 saturated heterocycles. The Morgan fingerprint density at radius 1 is 1.20 bits per heavy atom. The molecule has 4 aromatic rings. The van der Waals surface area contributed by atoms with Crippen molar-refractivity contribution in [1.82, 2.24) is 25.1 Å². The number of aryl methyl sites for hydroxylation is 1. The highest BCUT2D eigenvalue weighted by Crippen LogP contribution is 2.37. The number of aromatic amines is 1. The number of carbonyl (C=O) groups is 1. The molecule has 0 aliphatic carbocycles. The molecule has 5 rings (SSSR count). The molecule has 1 atom stereocenters. The summed E-state index contributed by atoms with van der Waals surface area (Å²) in [6, 6.07) is 13.2. The van der Waals surface area contributed by atoms with E-state index in [0.717, 1.165) is 22.4 Å². The van der Waals surface area contributed by atoms with Crippen LogP contribution in [-0.4, -0.2) is 43.9 Å². The third-order valence-electron chi connectivity index (χ3n) is 5.74. The molecule has 1 unspecified atom stereocenters. The first-order chi connectivity index (χ1) is 16.8. The minimum Gasteiger partial charge on any atom is -0.405 e. The second-order valence-electron chi connectivity index (χ2n) is 8.14. The number of rotatable bonds is 5. The average molecular weight is 500 g/mol. The van der Waals surface area contributed by atoms with E-state index in [1.54, 1.807) is 16.5 Å². The number of likely N-dealkylation sites (tertiary alicyclic amines) is 1. The fraction of sp³-hybridized carbons (Fsp3) is 0.250. The number of aromatic nitrogens is 4. The van der Waals surface area contributed by atoms with E-state index in [1.165, 1.54) is 29.5 Å². The second kappa shape index (κ2) is 9.14. The average Bonchev–Trinajstić information content (AvgIpc) is 3.58. The van der Waals surface area contributed by atoms with Crippen LogP contribution in [0.2, 0.25) is 0 Å². The molecule has 1 aliphatic heterocycles. The molecule has 7 nitrogen and oxygen atoms in total. The largest absolute Gasteiger partial charge is 0.573 e. The highest BCUT2D eigenvalue weighted by Gasteiger charge is 2.36. The maximum atomic E-state index is 13.5. The van der Waals surface area contributed by atoms with E-state index in [-0.39, 0.29) is 17.3 Å². The molecule has 0 spiro atoms. The van der Waals surface area contributed by atoms with Gasteiger partial charge < -0.3 is 9.64 Å². The number of halogens is 3. The molecule has 0 radical (unpaired) electrons. The normalized spacial score (nSPS) is 16.0. The standard InChI is InChI=1S/C24H20F3N5O2S/c1-14-6-4-7-15(12-14)20-19(28-13-35-20)23(33)32-11-5-9-17(32)22-29-21(30-31-22)16-8-2-3-10-18(16)34-24(25,26)27/h2-4,6-8,10,12-13,17H,5,9,11H2,1H3,(H,29,30,31). The van der Waals surface area contributed by atoms with Crippen molar-refractivity contribution in [3.05, 3.63) is 71.1 Å². The first-order valence-electron chi connectivity index (χ1n) is 10.9. The van der Waals surface area contributed by atoms with Gasteiger partial charge in [-0.25, -0.2) is 9.97 Å². The van der Waals surface area contributed by atoms with Crippen LogP contribution >= 0.6 is 11.3 Å². The first kappa shape index (κ1) is 23.0. The van der Waals surface area contributed by atoms with E-state index in [0.29, 0.717) is 24.5 Å². The van der Waals surface area contributed by atoms with Crippen LogP contribution < -0.4 is 4.74 Å². The summed E-state index contributed by atoms with van der Waals surface area (Å²) in [7, 11) is 0. The molecule has 35 heavy (non-hydrogen) atoms. The van der Waals surface area contributed by atoms with E-state index in [9.17, 15) is 18.0 Å². The van der Waals surface area contributed by atoms with Gasteiger partial charge in [0.05, 0.1) is 22.0 Å². The van der Waals surface area contributed by atoms with Crippen molar-refractivity contribution in [3.8, 4) is 27.6 Å². The van der Waals surface area contributed by atoms with Crippen LogP contribution in [0.25, 0.3) is 21.8 Å². The molecule has 0 bridgehead atoms. The molecular formula is C24H20F3N5O2S. The molecule has 0 saturated carbocycles. The van der Waals surface area contributed by atoms with Crippen LogP contribution in [0.3, 0.4) is 0 Å². The van der Waals surface area contributed by atoms with Gasteiger partial charge in [-0.15, -0.1) is 24.5 Å². The topological polar surface area (TPSA) is 84.0 Å². The lowest BCUT2D eigenvalue weighted by Crippen LogP contribution is -2.31. The molecule has 1 N–H and O–H groups in total. The number of ether oxygens (including phenoxy) is 1. The molecule has 1 aliphatic rings. The Balaban J connectivity index is 1.42.